The standard InChI is InChI=1S/C30H39N3O4S/c1-21(2)33(15-7-8-16-36-26-13-9-23(19-34)10-14-26)27-17-24(28-22(3)32-20-38-28)11-12-25(27)18-31-29(35)37-30(4,5)6/h9-14,17,19-21H,7-8,15-16,18H2,1-6H3,(H,31,35). The Balaban J connectivity index is 1.72. The van der Waals surface area contributed by atoms with Gasteiger partial charge in [0.1, 0.15) is 17.6 Å². The summed E-state index contributed by atoms with van der Waals surface area (Å²) >= 11 is 1.63. The topological polar surface area (TPSA) is 80.8 Å². The van der Waals surface area contributed by atoms with E-state index in [9.17, 15) is 9.59 Å². The van der Waals surface area contributed by atoms with Crippen molar-refractivity contribution < 1.29 is 19.1 Å². The SMILES string of the molecule is Cc1ncsc1-c1ccc(CNC(=O)OC(C)(C)C)c(N(CCCCOc2ccc(C=O)cc2)C(C)C)c1. The van der Waals surface area contributed by atoms with Crippen molar-refractivity contribution in [2.75, 3.05) is 18.1 Å². The number of hydrogen-bond acceptors (Lipinski definition) is 7. The minimum Gasteiger partial charge on any atom is -0.494 e. The van der Waals surface area contributed by atoms with Crippen LogP contribution < -0.4 is 15.0 Å². The molecule has 1 heterocycles. The molecule has 0 spiro atoms. The number of nitrogens with one attached hydrogen (secondary N) is 1. The van der Waals surface area contributed by atoms with Gasteiger partial charge in [-0.15, -0.1) is 11.3 Å². The Labute approximate surface area is 230 Å². The van der Waals surface area contributed by atoms with Gasteiger partial charge in [0.2, 0.25) is 0 Å². The molecule has 3 rings (SSSR count). The Morgan fingerprint density at radius 2 is 1.87 bits per heavy atom. The van der Waals surface area contributed by atoms with Gasteiger partial charge in [0.15, 0.2) is 0 Å². The smallest absolute Gasteiger partial charge is 0.407 e. The third-order valence-corrected chi connectivity index (χ3v) is 6.90. The maximum Gasteiger partial charge on any atom is 0.407 e. The summed E-state index contributed by atoms with van der Waals surface area (Å²) < 4.78 is 11.3. The number of aldehydes is 1. The molecule has 0 aliphatic heterocycles. The summed E-state index contributed by atoms with van der Waals surface area (Å²) in [4.78, 5) is 31.1. The van der Waals surface area contributed by atoms with Crippen LogP contribution in [-0.4, -0.2) is 42.2 Å². The molecule has 0 fully saturated rings. The molecule has 204 valence electrons. The number of thiazole rings is 1. The zero-order chi connectivity index (χ0) is 27.7. The Kier molecular flexibility index (Phi) is 10.3. The number of carbonyl (C=O) groups excluding carboxylic acids is 2. The summed E-state index contributed by atoms with van der Waals surface area (Å²) in [6.45, 7) is 13.8. The van der Waals surface area contributed by atoms with E-state index < -0.39 is 11.7 Å². The van der Waals surface area contributed by atoms with Crippen molar-refractivity contribution in [1.82, 2.24) is 10.3 Å². The second-order valence-electron chi connectivity index (χ2n) is 10.5. The van der Waals surface area contributed by atoms with Gasteiger partial charge in [-0.1, -0.05) is 12.1 Å². The Bertz CT molecular complexity index is 1200. The normalized spacial score (nSPS) is 11.3. The number of rotatable bonds is 12. The molecule has 3 aromatic rings. The summed E-state index contributed by atoms with van der Waals surface area (Å²) in [5.41, 5.74) is 6.20. The molecule has 0 aliphatic rings. The number of nitrogens with zero attached hydrogens (tertiary/aromatic N) is 2. The number of hydrogen-bond donors (Lipinski definition) is 1. The van der Waals surface area contributed by atoms with Crippen LogP contribution in [0, 0.1) is 6.92 Å². The van der Waals surface area contributed by atoms with Crippen LogP contribution in [0.25, 0.3) is 10.4 Å². The minimum atomic E-state index is -0.553. The van der Waals surface area contributed by atoms with Gasteiger partial charge in [-0.2, -0.15) is 0 Å². The van der Waals surface area contributed by atoms with Crippen LogP contribution in [0.4, 0.5) is 10.5 Å². The van der Waals surface area contributed by atoms with Crippen molar-refractivity contribution in [1.29, 1.82) is 0 Å². The summed E-state index contributed by atoms with van der Waals surface area (Å²) in [6.07, 6.45) is 2.22. The van der Waals surface area contributed by atoms with E-state index in [0.29, 0.717) is 18.7 Å². The fourth-order valence-electron chi connectivity index (χ4n) is 4.06. The summed E-state index contributed by atoms with van der Waals surface area (Å²) in [7, 11) is 0. The maximum absolute atomic E-state index is 12.4. The van der Waals surface area contributed by atoms with E-state index in [2.05, 4.69) is 47.2 Å². The van der Waals surface area contributed by atoms with Gasteiger partial charge in [0.05, 0.1) is 22.7 Å². The highest BCUT2D eigenvalue weighted by Crippen LogP contribution is 2.33. The largest absolute Gasteiger partial charge is 0.494 e. The highest BCUT2D eigenvalue weighted by Gasteiger charge is 2.19. The van der Waals surface area contributed by atoms with Gasteiger partial charge >= 0.3 is 6.09 Å². The number of amides is 1. The van der Waals surface area contributed by atoms with Crippen molar-refractivity contribution in [3.8, 4) is 16.2 Å². The van der Waals surface area contributed by atoms with Crippen LogP contribution in [0.2, 0.25) is 0 Å². The van der Waals surface area contributed by atoms with E-state index in [1.54, 1.807) is 23.5 Å². The first-order valence-electron chi connectivity index (χ1n) is 13.0. The van der Waals surface area contributed by atoms with Crippen LogP contribution in [0.1, 0.15) is 69.1 Å². The molecule has 0 atom stereocenters. The molecule has 0 bridgehead atoms. The highest BCUT2D eigenvalue weighted by molar-refractivity contribution is 7.13. The minimum absolute atomic E-state index is 0.255. The average Bonchev–Trinajstić information content (AvgIpc) is 3.30. The van der Waals surface area contributed by atoms with E-state index in [1.807, 2.05) is 45.3 Å². The van der Waals surface area contributed by atoms with Crippen LogP contribution in [0.3, 0.4) is 0 Å². The van der Waals surface area contributed by atoms with E-state index in [-0.39, 0.29) is 6.04 Å². The molecule has 0 radical (unpaired) electrons. The summed E-state index contributed by atoms with van der Waals surface area (Å²) in [5.74, 6) is 0.763. The average molecular weight is 538 g/mol. The van der Waals surface area contributed by atoms with Crippen molar-refractivity contribution in [3.63, 3.8) is 0 Å². The van der Waals surface area contributed by atoms with E-state index >= 15 is 0 Å². The van der Waals surface area contributed by atoms with Crippen LogP contribution in [0.5, 0.6) is 5.75 Å². The first-order chi connectivity index (χ1) is 18.1. The van der Waals surface area contributed by atoms with Crippen molar-refractivity contribution in [3.05, 3.63) is 64.8 Å². The number of ether oxygens (including phenoxy) is 2. The third-order valence-electron chi connectivity index (χ3n) is 5.93. The molecule has 7 nitrogen and oxygen atoms in total. The number of carbonyl (C=O) groups is 2. The summed E-state index contributed by atoms with van der Waals surface area (Å²) in [6, 6.07) is 13.8. The lowest BCUT2D eigenvalue weighted by Crippen LogP contribution is -2.35. The lowest BCUT2D eigenvalue weighted by Gasteiger charge is -2.32. The number of benzene rings is 2. The molecule has 1 aromatic heterocycles. The second kappa shape index (κ2) is 13.4. The van der Waals surface area contributed by atoms with Gasteiger partial charge in [0.25, 0.3) is 0 Å². The zero-order valence-corrected chi connectivity index (χ0v) is 24.1. The lowest BCUT2D eigenvalue weighted by atomic mass is 10.0. The molecule has 1 N–H and O–H groups in total. The van der Waals surface area contributed by atoms with Gasteiger partial charge in [-0.25, -0.2) is 9.78 Å². The number of aryl methyl sites for hydroxylation is 1. The number of alkyl carbamates (subject to hydrolysis) is 1. The molecule has 0 aliphatic carbocycles. The Hall–Kier alpha value is -3.39. The zero-order valence-electron chi connectivity index (χ0n) is 23.2. The molecule has 0 unspecified atom stereocenters. The lowest BCUT2D eigenvalue weighted by molar-refractivity contribution is 0.0523. The first-order valence-corrected chi connectivity index (χ1v) is 13.9. The van der Waals surface area contributed by atoms with Crippen molar-refractivity contribution in [2.24, 2.45) is 0 Å². The highest BCUT2D eigenvalue weighted by atomic mass is 32.1. The van der Waals surface area contributed by atoms with Crippen molar-refractivity contribution in [2.45, 2.75) is 72.6 Å². The van der Waals surface area contributed by atoms with Gasteiger partial charge < -0.3 is 19.7 Å². The predicted molar refractivity (Wildman–Crippen MR) is 154 cm³/mol. The monoisotopic (exact) mass is 537 g/mol. The van der Waals surface area contributed by atoms with Gasteiger partial charge in [-0.3, -0.25) is 4.79 Å². The van der Waals surface area contributed by atoms with Gasteiger partial charge in [-0.05, 0) is 95.8 Å². The number of unbranched alkanes of at least 4 members (excludes halogenated alkanes) is 1. The molecule has 2 aromatic carbocycles. The predicted octanol–water partition coefficient (Wildman–Crippen LogP) is 7.03. The van der Waals surface area contributed by atoms with Crippen molar-refractivity contribution >= 4 is 29.4 Å². The molecule has 0 saturated heterocycles. The van der Waals surface area contributed by atoms with Crippen LogP contribution in [-0.2, 0) is 11.3 Å². The number of aromatic nitrogens is 1. The Morgan fingerprint density at radius 1 is 1.13 bits per heavy atom. The Morgan fingerprint density at radius 3 is 2.47 bits per heavy atom. The maximum atomic E-state index is 12.4. The first kappa shape index (κ1) is 29.2. The second-order valence-corrected chi connectivity index (χ2v) is 11.4. The fraction of sp³-hybridized carbons (Fsp3) is 0.433. The van der Waals surface area contributed by atoms with Gasteiger partial charge in [0, 0.05) is 30.4 Å². The fourth-order valence-corrected chi connectivity index (χ4v) is 4.86. The van der Waals surface area contributed by atoms with E-state index in [1.165, 1.54) is 0 Å². The molecule has 38 heavy (non-hydrogen) atoms. The molecule has 0 saturated carbocycles. The van der Waals surface area contributed by atoms with Crippen LogP contribution >= 0.6 is 11.3 Å². The quantitative estimate of drug-likeness (QED) is 0.197. The molecule has 8 heteroatoms. The number of anilines is 1. The van der Waals surface area contributed by atoms with E-state index in [0.717, 1.165) is 58.8 Å². The molecular formula is C30H39N3O4S. The van der Waals surface area contributed by atoms with Crippen LogP contribution in [0.15, 0.2) is 48.0 Å². The molecule has 1 amide bonds. The third kappa shape index (κ3) is 8.58. The summed E-state index contributed by atoms with van der Waals surface area (Å²) in [5, 5.41) is 2.92. The molecular weight excluding hydrogens is 498 g/mol. The van der Waals surface area contributed by atoms with E-state index in [4.69, 9.17) is 9.47 Å².